The van der Waals surface area contributed by atoms with Crippen molar-refractivity contribution >= 4 is 5.97 Å². The van der Waals surface area contributed by atoms with Gasteiger partial charge in [0, 0.05) is 0 Å². The van der Waals surface area contributed by atoms with Gasteiger partial charge in [0.25, 0.3) is 0 Å². The molecule has 1 N–H and O–H groups in total. The molecule has 0 unspecified atom stereocenters. The van der Waals surface area contributed by atoms with Crippen LogP contribution in [0.4, 0.5) is 4.39 Å². The number of carboxylic acid groups (broad SMARTS) is 1. The highest BCUT2D eigenvalue weighted by atomic mass is 19.1. The van der Waals surface area contributed by atoms with Crippen LogP contribution in [-0.4, -0.2) is 25.8 Å². The van der Waals surface area contributed by atoms with Crippen molar-refractivity contribution in [3.05, 3.63) is 47.8 Å². The fraction of sp³-hybridized carbons (Fsp3) is 0.100. The SMILES string of the molecule is O=C(O)c1ncnn1Cc1cccc(F)c1. The summed E-state index contributed by atoms with van der Waals surface area (Å²) in [5.41, 5.74) is 0.632. The van der Waals surface area contributed by atoms with Crippen LogP contribution in [0.15, 0.2) is 30.6 Å². The minimum absolute atomic E-state index is 0.163. The van der Waals surface area contributed by atoms with Crippen LogP contribution in [-0.2, 0) is 6.54 Å². The molecule has 0 aliphatic rings. The number of carboxylic acids is 1. The molecular weight excluding hydrogens is 213 g/mol. The molecule has 0 aliphatic heterocycles. The molecule has 0 saturated carbocycles. The Morgan fingerprint density at radius 1 is 1.50 bits per heavy atom. The summed E-state index contributed by atoms with van der Waals surface area (Å²) < 4.78 is 14.1. The van der Waals surface area contributed by atoms with Crippen LogP contribution in [0.5, 0.6) is 0 Å². The summed E-state index contributed by atoms with van der Waals surface area (Å²) in [5, 5.41) is 12.6. The van der Waals surface area contributed by atoms with Crippen LogP contribution in [0.1, 0.15) is 16.2 Å². The second-order valence-corrected chi connectivity index (χ2v) is 3.18. The topological polar surface area (TPSA) is 68.0 Å². The molecule has 0 spiro atoms. The van der Waals surface area contributed by atoms with E-state index >= 15 is 0 Å². The molecule has 2 rings (SSSR count). The lowest BCUT2D eigenvalue weighted by molar-refractivity contribution is 0.0677. The molecule has 2 aromatic rings. The van der Waals surface area contributed by atoms with E-state index in [1.54, 1.807) is 12.1 Å². The number of carbonyl (C=O) groups is 1. The van der Waals surface area contributed by atoms with Gasteiger partial charge in [-0.3, -0.25) is 0 Å². The summed E-state index contributed by atoms with van der Waals surface area (Å²) in [6.45, 7) is 0.180. The van der Waals surface area contributed by atoms with Gasteiger partial charge < -0.3 is 5.11 Å². The molecule has 0 amide bonds. The van der Waals surface area contributed by atoms with Gasteiger partial charge in [-0.2, -0.15) is 5.10 Å². The smallest absolute Gasteiger partial charge is 0.373 e. The first kappa shape index (κ1) is 10.3. The number of aromatic nitrogens is 3. The van der Waals surface area contributed by atoms with Crippen molar-refractivity contribution in [3.63, 3.8) is 0 Å². The van der Waals surface area contributed by atoms with Gasteiger partial charge in [-0.1, -0.05) is 12.1 Å². The Hall–Kier alpha value is -2.24. The number of halogens is 1. The van der Waals surface area contributed by atoms with Crippen LogP contribution < -0.4 is 0 Å². The molecule has 6 heteroatoms. The number of benzene rings is 1. The van der Waals surface area contributed by atoms with Crippen LogP contribution in [0.25, 0.3) is 0 Å². The van der Waals surface area contributed by atoms with Crippen molar-refractivity contribution in [2.45, 2.75) is 6.54 Å². The average Bonchev–Trinajstić information content (AvgIpc) is 2.66. The van der Waals surface area contributed by atoms with Crippen molar-refractivity contribution in [1.82, 2.24) is 14.8 Å². The average molecular weight is 221 g/mol. The number of rotatable bonds is 3. The zero-order valence-corrected chi connectivity index (χ0v) is 8.17. The third kappa shape index (κ3) is 2.05. The summed E-state index contributed by atoms with van der Waals surface area (Å²) in [4.78, 5) is 14.3. The monoisotopic (exact) mass is 221 g/mol. The maximum absolute atomic E-state index is 12.9. The van der Waals surface area contributed by atoms with Crippen molar-refractivity contribution in [2.75, 3.05) is 0 Å². The van der Waals surface area contributed by atoms with E-state index in [9.17, 15) is 9.18 Å². The zero-order valence-electron chi connectivity index (χ0n) is 8.17. The Kier molecular flexibility index (Phi) is 2.63. The van der Waals surface area contributed by atoms with Crippen molar-refractivity contribution < 1.29 is 14.3 Å². The fourth-order valence-corrected chi connectivity index (χ4v) is 1.35. The summed E-state index contributed by atoms with van der Waals surface area (Å²) in [6.07, 6.45) is 1.16. The van der Waals surface area contributed by atoms with Gasteiger partial charge in [0.05, 0.1) is 6.54 Å². The molecule has 1 aromatic carbocycles. The van der Waals surface area contributed by atoms with Crippen molar-refractivity contribution in [1.29, 1.82) is 0 Å². The third-order valence-electron chi connectivity index (χ3n) is 2.03. The lowest BCUT2D eigenvalue weighted by Gasteiger charge is -2.03. The first-order valence-corrected chi connectivity index (χ1v) is 4.52. The first-order valence-electron chi connectivity index (χ1n) is 4.52. The molecule has 0 aliphatic carbocycles. The molecule has 0 bridgehead atoms. The Bertz CT molecular complexity index is 524. The van der Waals surface area contributed by atoms with E-state index in [1.807, 2.05) is 0 Å². The van der Waals surface area contributed by atoms with Gasteiger partial charge in [-0.05, 0) is 17.7 Å². The summed E-state index contributed by atoms with van der Waals surface area (Å²) in [5.74, 6) is -1.69. The van der Waals surface area contributed by atoms with Gasteiger partial charge >= 0.3 is 5.97 Å². The first-order chi connectivity index (χ1) is 7.66. The number of aromatic carboxylic acids is 1. The Balaban J connectivity index is 2.27. The third-order valence-corrected chi connectivity index (χ3v) is 2.03. The van der Waals surface area contributed by atoms with E-state index in [0.29, 0.717) is 5.56 Å². The van der Waals surface area contributed by atoms with E-state index in [2.05, 4.69) is 10.1 Å². The van der Waals surface area contributed by atoms with Gasteiger partial charge in [0.1, 0.15) is 12.1 Å². The van der Waals surface area contributed by atoms with Crippen molar-refractivity contribution in [3.8, 4) is 0 Å². The van der Waals surface area contributed by atoms with Gasteiger partial charge in [0.2, 0.25) is 5.82 Å². The van der Waals surface area contributed by atoms with Gasteiger partial charge in [-0.15, -0.1) is 0 Å². The largest absolute Gasteiger partial charge is 0.475 e. The lowest BCUT2D eigenvalue weighted by Crippen LogP contribution is -2.12. The maximum Gasteiger partial charge on any atom is 0.373 e. The Labute approximate surface area is 90.2 Å². The normalized spacial score (nSPS) is 10.3. The quantitative estimate of drug-likeness (QED) is 0.844. The highest BCUT2D eigenvalue weighted by Crippen LogP contribution is 2.06. The fourth-order valence-electron chi connectivity index (χ4n) is 1.35. The number of nitrogens with zero attached hydrogens (tertiary/aromatic N) is 3. The summed E-state index contributed by atoms with van der Waals surface area (Å²) >= 11 is 0. The molecule has 1 heterocycles. The molecule has 82 valence electrons. The molecule has 0 radical (unpaired) electrons. The second kappa shape index (κ2) is 4.09. The zero-order chi connectivity index (χ0) is 11.5. The predicted octanol–water partition coefficient (Wildman–Crippen LogP) is 1.16. The molecule has 5 nitrogen and oxygen atoms in total. The molecule has 0 saturated heterocycles. The van der Waals surface area contributed by atoms with E-state index in [4.69, 9.17) is 5.11 Å². The molecular formula is C10H8FN3O2. The maximum atomic E-state index is 12.9. The van der Waals surface area contributed by atoms with Crippen LogP contribution in [0.2, 0.25) is 0 Å². The number of hydrogen-bond donors (Lipinski definition) is 1. The van der Waals surface area contributed by atoms with Crippen LogP contribution in [0.3, 0.4) is 0 Å². The van der Waals surface area contributed by atoms with Crippen LogP contribution >= 0.6 is 0 Å². The van der Waals surface area contributed by atoms with E-state index < -0.39 is 5.97 Å². The standard InChI is InChI=1S/C10H8FN3O2/c11-8-3-1-2-7(4-8)5-14-9(10(15)16)12-6-13-14/h1-4,6H,5H2,(H,15,16). The lowest BCUT2D eigenvalue weighted by atomic mass is 10.2. The minimum Gasteiger partial charge on any atom is -0.475 e. The molecule has 16 heavy (non-hydrogen) atoms. The summed E-state index contributed by atoms with van der Waals surface area (Å²) in [7, 11) is 0. The highest BCUT2D eigenvalue weighted by molar-refractivity contribution is 5.83. The molecule has 1 aromatic heterocycles. The molecule has 0 fully saturated rings. The minimum atomic E-state index is -1.16. The predicted molar refractivity (Wildman–Crippen MR) is 52.5 cm³/mol. The van der Waals surface area contributed by atoms with E-state index in [1.165, 1.54) is 16.8 Å². The van der Waals surface area contributed by atoms with Gasteiger partial charge in [0.15, 0.2) is 0 Å². The van der Waals surface area contributed by atoms with Gasteiger partial charge in [-0.25, -0.2) is 18.9 Å². The highest BCUT2D eigenvalue weighted by Gasteiger charge is 2.12. The van der Waals surface area contributed by atoms with Crippen molar-refractivity contribution in [2.24, 2.45) is 0 Å². The Morgan fingerprint density at radius 2 is 2.31 bits per heavy atom. The van der Waals surface area contributed by atoms with Crippen LogP contribution in [0, 0.1) is 5.82 Å². The summed E-state index contributed by atoms with van der Waals surface area (Å²) in [6, 6.07) is 5.90. The molecule has 0 atom stereocenters. The van der Waals surface area contributed by atoms with E-state index in [0.717, 1.165) is 6.33 Å². The van der Waals surface area contributed by atoms with E-state index in [-0.39, 0.29) is 18.2 Å². The second-order valence-electron chi connectivity index (χ2n) is 3.18. The number of hydrogen-bond acceptors (Lipinski definition) is 3. The Morgan fingerprint density at radius 3 is 3.00 bits per heavy atom.